The molecule has 4 nitrogen and oxygen atoms in total. The summed E-state index contributed by atoms with van der Waals surface area (Å²) in [6.45, 7) is 7.38. The third-order valence-corrected chi connectivity index (χ3v) is 4.20. The molecule has 0 aromatic heterocycles. The van der Waals surface area contributed by atoms with Gasteiger partial charge in [0.15, 0.2) is 0 Å². The van der Waals surface area contributed by atoms with Crippen molar-refractivity contribution in [3.8, 4) is 6.07 Å². The van der Waals surface area contributed by atoms with Gasteiger partial charge in [0.2, 0.25) is 0 Å². The summed E-state index contributed by atoms with van der Waals surface area (Å²) in [5.41, 5.74) is -0.387. The minimum absolute atomic E-state index is 0.387. The second-order valence-electron chi connectivity index (χ2n) is 6.56. The largest absolute Gasteiger partial charge is 0.305 e. The smallest absolute Gasteiger partial charge is 0.116 e. The van der Waals surface area contributed by atoms with Gasteiger partial charge in [-0.15, -0.1) is 0 Å². The number of likely N-dealkylation sites (tertiary alicyclic amines) is 1. The van der Waals surface area contributed by atoms with Gasteiger partial charge in [-0.3, -0.25) is 10.2 Å². The van der Waals surface area contributed by atoms with Crippen molar-refractivity contribution in [2.45, 2.75) is 44.3 Å². The molecule has 3 atom stereocenters. The van der Waals surface area contributed by atoms with Crippen LogP contribution < -0.4 is 5.32 Å². The minimum atomic E-state index is -0.387. The predicted molar refractivity (Wildman–Crippen MR) is 73.3 cm³/mol. The van der Waals surface area contributed by atoms with Crippen molar-refractivity contribution in [3.05, 3.63) is 0 Å². The molecule has 3 unspecified atom stereocenters. The van der Waals surface area contributed by atoms with E-state index in [0.717, 1.165) is 19.6 Å². The Hall–Kier alpha value is -0.630. The molecule has 0 amide bonds. The summed E-state index contributed by atoms with van der Waals surface area (Å²) >= 11 is 0. The first-order chi connectivity index (χ1) is 8.43. The molecule has 102 valence electrons. The molecule has 1 heterocycles. The van der Waals surface area contributed by atoms with Crippen LogP contribution in [0.15, 0.2) is 0 Å². The van der Waals surface area contributed by atoms with Crippen LogP contribution >= 0.6 is 0 Å². The van der Waals surface area contributed by atoms with Crippen molar-refractivity contribution in [1.82, 2.24) is 15.1 Å². The van der Waals surface area contributed by atoms with Crippen LogP contribution in [0.3, 0.4) is 0 Å². The highest BCUT2D eigenvalue weighted by molar-refractivity contribution is 5.09. The zero-order chi connectivity index (χ0) is 13.3. The molecule has 0 spiro atoms. The summed E-state index contributed by atoms with van der Waals surface area (Å²) in [5.74, 6) is 0.684. The average Bonchev–Trinajstić information content (AvgIpc) is 3.01. The van der Waals surface area contributed by atoms with Gasteiger partial charge in [0.25, 0.3) is 0 Å². The lowest BCUT2D eigenvalue weighted by atomic mass is 10.0. The number of likely N-dealkylation sites (N-methyl/N-ethyl adjacent to an activating group) is 1. The summed E-state index contributed by atoms with van der Waals surface area (Å²) in [5, 5.41) is 12.9. The molecule has 1 aliphatic carbocycles. The van der Waals surface area contributed by atoms with Crippen LogP contribution in [0, 0.1) is 17.2 Å². The number of hydrogen-bond donors (Lipinski definition) is 1. The number of rotatable bonds is 5. The van der Waals surface area contributed by atoms with Gasteiger partial charge in [-0.25, -0.2) is 0 Å². The second-order valence-corrected chi connectivity index (χ2v) is 6.56. The Kier molecular flexibility index (Phi) is 3.96. The zero-order valence-corrected chi connectivity index (χ0v) is 12.1. The first-order valence-electron chi connectivity index (χ1n) is 7.01. The van der Waals surface area contributed by atoms with E-state index in [1.54, 1.807) is 0 Å². The van der Waals surface area contributed by atoms with Crippen LogP contribution in [0.25, 0.3) is 0 Å². The highest BCUT2D eigenvalue weighted by atomic mass is 15.3. The van der Waals surface area contributed by atoms with E-state index < -0.39 is 0 Å². The van der Waals surface area contributed by atoms with E-state index in [2.05, 4.69) is 42.2 Å². The van der Waals surface area contributed by atoms with Gasteiger partial charge in [0.1, 0.15) is 5.54 Å². The Labute approximate surface area is 111 Å². The fraction of sp³-hybridized carbons (Fsp3) is 0.929. The van der Waals surface area contributed by atoms with Crippen LogP contribution in [-0.4, -0.2) is 61.2 Å². The predicted octanol–water partition coefficient (Wildman–Crippen LogP) is 0.903. The molecule has 18 heavy (non-hydrogen) atoms. The van der Waals surface area contributed by atoms with Crippen LogP contribution in [0.5, 0.6) is 0 Å². The maximum absolute atomic E-state index is 9.41. The summed E-state index contributed by atoms with van der Waals surface area (Å²) in [6.07, 6.45) is 2.46. The maximum Gasteiger partial charge on any atom is 0.116 e. The summed E-state index contributed by atoms with van der Waals surface area (Å²) in [7, 11) is 4.30. The van der Waals surface area contributed by atoms with Crippen LogP contribution in [-0.2, 0) is 0 Å². The fourth-order valence-corrected chi connectivity index (χ4v) is 3.09. The summed E-state index contributed by atoms with van der Waals surface area (Å²) in [6, 6.07) is 3.67. The topological polar surface area (TPSA) is 42.3 Å². The fourth-order valence-electron chi connectivity index (χ4n) is 3.09. The number of nitrogens with one attached hydrogen (secondary N) is 1. The minimum Gasteiger partial charge on any atom is -0.305 e. The monoisotopic (exact) mass is 250 g/mol. The molecular formula is C14H26N4. The molecule has 1 N–H and O–H groups in total. The van der Waals surface area contributed by atoms with Gasteiger partial charge in [-0.05, 0) is 39.8 Å². The molecule has 0 aromatic rings. The molecule has 1 saturated carbocycles. The summed E-state index contributed by atoms with van der Waals surface area (Å²) in [4.78, 5) is 4.75. The van der Waals surface area contributed by atoms with Gasteiger partial charge in [0.05, 0.1) is 6.07 Å². The lowest BCUT2D eigenvalue weighted by Gasteiger charge is -2.29. The van der Waals surface area contributed by atoms with Gasteiger partial charge < -0.3 is 4.90 Å². The summed E-state index contributed by atoms with van der Waals surface area (Å²) < 4.78 is 0. The van der Waals surface area contributed by atoms with Crippen molar-refractivity contribution < 1.29 is 0 Å². The number of hydrogen-bond acceptors (Lipinski definition) is 4. The third kappa shape index (κ3) is 3.23. The van der Waals surface area contributed by atoms with E-state index in [9.17, 15) is 5.26 Å². The van der Waals surface area contributed by atoms with Gasteiger partial charge in [-0.1, -0.05) is 6.92 Å². The maximum atomic E-state index is 9.41. The number of nitrogens with zero attached hydrogens (tertiary/aromatic N) is 3. The molecule has 4 heteroatoms. The lowest BCUT2D eigenvalue weighted by molar-refractivity contribution is 0.229. The first kappa shape index (κ1) is 13.8. The third-order valence-electron chi connectivity index (χ3n) is 4.20. The Bertz CT molecular complexity index is 331. The van der Waals surface area contributed by atoms with Crippen molar-refractivity contribution in [2.24, 2.45) is 5.92 Å². The molecule has 0 radical (unpaired) electrons. The molecule has 0 bridgehead atoms. The van der Waals surface area contributed by atoms with Crippen molar-refractivity contribution in [1.29, 1.82) is 5.26 Å². The zero-order valence-electron chi connectivity index (χ0n) is 12.1. The molecule has 2 rings (SSSR count). The first-order valence-corrected chi connectivity index (χ1v) is 7.01. The molecule has 2 fully saturated rings. The molecule has 0 aromatic carbocycles. The van der Waals surface area contributed by atoms with E-state index in [4.69, 9.17) is 0 Å². The van der Waals surface area contributed by atoms with E-state index >= 15 is 0 Å². The second kappa shape index (κ2) is 5.16. The average molecular weight is 250 g/mol. The molecule has 1 saturated heterocycles. The van der Waals surface area contributed by atoms with Gasteiger partial charge in [0, 0.05) is 31.7 Å². The van der Waals surface area contributed by atoms with Crippen molar-refractivity contribution in [2.75, 3.05) is 33.7 Å². The van der Waals surface area contributed by atoms with Crippen LogP contribution in [0.1, 0.15) is 26.7 Å². The standard InChI is InChI=1S/C14H26N4/c1-11-7-18(8-13(11)17(3)4)10-14(2,9-15)16-12-5-6-12/h11-13,16H,5-8,10H2,1-4H3. The lowest BCUT2D eigenvalue weighted by Crippen LogP contribution is -2.51. The van der Waals surface area contributed by atoms with Gasteiger partial charge >= 0.3 is 0 Å². The molecule has 2 aliphatic rings. The normalized spacial score (nSPS) is 32.4. The van der Waals surface area contributed by atoms with Crippen molar-refractivity contribution >= 4 is 0 Å². The quantitative estimate of drug-likeness (QED) is 0.787. The van der Waals surface area contributed by atoms with Gasteiger partial charge in [-0.2, -0.15) is 5.26 Å². The molecule has 1 aliphatic heterocycles. The van der Waals surface area contributed by atoms with E-state index in [-0.39, 0.29) is 5.54 Å². The Morgan fingerprint density at radius 3 is 2.50 bits per heavy atom. The van der Waals surface area contributed by atoms with E-state index in [0.29, 0.717) is 18.0 Å². The van der Waals surface area contributed by atoms with E-state index in [1.807, 2.05) is 6.92 Å². The Morgan fingerprint density at radius 1 is 1.39 bits per heavy atom. The van der Waals surface area contributed by atoms with Crippen LogP contribution in [0.2, 0.25) is 0 Å². The highest BCUT2D eigenvalue weighted by Gasteiger charge is 2.38. The SMILES string of the molecule is CC1CN(CC(C)(C#N)NC2CC2)CC1N(C)C. The van der Waals surface area contributed by atoms with Crippen LogP contribution in [0.4, 0.5) is 0 Å². The van der Waals surface area contributed by atoms with Crippen molar-refractivity contribution in [3.63, 3.8) is 0 Å². The Balaban J connectivity index is 1.91. The van der Waals surface area contributed by atoms with E-state index in [1.165, 1.54) is 12.8 Å². The Morgan fingerprint density at radius 2 is 2.06 bits per heavy atom. The molecular weight excluding hydrogens is 224 g/mol. The highest BCUT2D eigenvalue weighted by Crippen LogP contribution is 2.25. The number of nitriles is 1.